The summed E-state index contributed by atoms with van der Waals surface area (Å²) in [6.45, 7) is 9.91. The third-order valence-electron chi connectivity index (χ3n) is 3.33. The zero-order valence-corrected chi connectivity index (χ0v) is 14.0. The van der Waals surface area contributed by atoms with Crippen LogP contribution < -0.4 is 0 Å². The molecule has 1 nitrogen and oxygen atoms in total. The Hall–Kier alpha value is 0.828. The van der Waals surface area contributed by atoms with Crippen LogP contribution in [0.3, 0.4) is 0 Å². The summed E-state index contributed by atoms with van der Waals surface area (Å²) in [5, 5.41) is 0. The van der Waals surface area contributed by atoms with E-state index in [0.29, 0.717) is 0 Å². The molecule has 0 aliphatic rings. The maximum atomic E-state index is 5.63. The van der Waals surface area contributed by atoms with Gasteiger partial charge in [-0.15, -0.1) is 0 Å². The lowest BCUT2D eigenvalue weighted by atomic mass is 11.7. The molecular weight excluding hydrogens is 200 g/mol. The molecule has 0 aromatic rings. The van der Waals surface area contributed by atoms with Crippen molar-refractivity contribution in [3.05, 3.63) is 0 Å². The fourth-order valence-corrected chi connectivity index (χ4v) is 16.8. The molecule has 0 fully saturated rings. The van der Waals surface area contributed by atoms with E-state index in [2.05, 4.69) is 26.2 Å². The van der Waals surface area contributed by atoms with Crippen LogP contribution >= 0.6 is 0 Å². The fraction of sp³-hybridized carbons (Fsp3) is 1.00. The first-order valence-electron chi connectivity index (χ1n) is 4.69. The Bertz CT molecular complexity index is 96.5. The maximum absolute atomic E-state index is 5.63. The molecule has 0 N–H and O–H groups in total. The van der Waals surface area contributed by atoms with Crippen molar-refractivity contribution in [1.82, 2.24) is 0 Å². The van der Waals surface area contributed by atoms with Crippen LogP contribution in [0.5, 0.6) is 0 Å². The first kappa shape index (κ1) is 11.8. The standard InChI is InChI=1S/C6H22OSi4/c1-7-11(5)6(8-2,9-3)10-4/h11H,8-10H2,1-5H3. The van der Waals surface area contributed by atoms with Gasteiger partial charge in [-0.25, -0.2) is 0 Å². The van der Waals surface area contributed by atoms with E-state index in [1.165, 1.54) is 0 Å². The highest BCUT2D eigenvalue weighted by Gasteiger charge is 2.32. The second-order valence-corrected chi connectivity index (χ2v) is 18.1. The lowest BCUT2D eigenvalue weighted by Gasteiger charge is -2.33. The predicted molar refractivity (Wildman–Crippen MR) is 65.9 cm³/mol. The van der Waals surface area contributed by atoms with Crippen LogP contribution in [0.15, 0.2) is 0 Å². The van der Waals surface area contributed by atoms with Crippen molar-refractivity contribution in [3.8, 4) is 0 Å². The van der Waals surface area contributed by atoms with Crippen LogP contribution in [0.2, 0.25) is 30.1 Å². The van der Waals surface area contributed by atoms with Gasteiger partial charge in [-0.05, 0) is 10.5 Å². The van der Waals surface area contributed by atoms with E-state index < -0.39 is 9.04 Å². The van der Waals surface area contributed by atoms with E-state index in [1.807, 2.05) is 7.11 Å². The smallest absolute Gasteiger partial charge is 0.170 e. The molecule has 1 unspecified atom stereocenters. The summed E-state index contributed by atoms with van der Waals surface area (Å²) >= 11 is 0. The summed E-state index contributed by atoms with van der Waals surface area (Å²) in [4.78, 5) is 0. The molecule has 68 valence electrons. The molecule has 0 rings (SSSR count). The fourth-order valence-electron chi connectivity index (χ4n) is 1.86. The van der Waals surface area contributed by atoms with Crippen molar-refractivity contribution in [3.63, 3.8) is 0 Å². The van der Waals surface area contributed by atoms with E-state index in [1.54, 1.807) is 0 Å². The molecular formula is C6H22OSi4. The molecule has 0 amide bonds. The number of rotatable bonds is 5. The Kier molecular flexibility index (Phi) is 5.88. The highest BCUT2D eigenvalue weighted by Crippen LogP contribution is 2.25. The molecule has 0 radical (unpaired) electrons. The van der Waals surface area contributed by atoms with Crippen LogP contribution in [0.4, 0.5) is 0 Å². The highest BCUT2D eigenvalue weighted by atomic mass is 28.4. The van der Waals surface area contributed by atoms with E-state index in [0.717, 1.165) is 3.91 Å². The third-order valence-corrected chi connectivity index (χ3v) is 27.8. The molecule has 1 atom stereocenters. The Balaban J connectivity index is 4.26. The largest absolute Gasteiger partial charge is 0.424 e. The lowest BCUT2D eigenvalue weighted by Crippen LogP contribution is -2.44. The lowest BCUT2D eigenvalue weighted by molar-refractivity contribution is 0.423. The Morgan fingerprint density at radius 2 is 1.45 bits per heavy atom. The molecule has 0 aliphatic heterocycles. The highest BCUT2D eigenvalue weighted by molar-refractivity contribution is 6.98. The summed E-state index contributed by atoms with van der Waals surface area (Å²) in [7, 11) is 1.86. The van der Waals surface area contributed by atoms with Gasteiger partial charge in [0.15, 0.2) is 9.04 Å². The van der Waals surface area contributed by atoms with E-state index in [4.69, 9.17) is 4.43 Å². The average Bonchev–Trinajstić information content (AvgIpc) is 2.08. The van der Waals surface area contributed by atoms with Gasteiger partial charge in [0.25, 0.3) is 0 Å². The third kappa shape index (κ3) is 2.65. The molecule has 0 aromatic carbocycles. The number of hydrogen-bond acceptors (Lipinski definition) is 1. The minimum atomic E-state index is -0.747. The minimum Gasteiger partial charge on any atom is -0.424 e. The van der Waals surface area contributed by atoms with Gasteiger partial charge in [-0.2, -0.15) is 0 Å². The van der Waals surface area contributed by atoms with Crippen LogP contribution in [0.1, 0.15) is 0 Å². The zero-order chi connectivity index (χ0) is 8.91. The molecule has 11 heavy (non-hydrogen) atoms. The van der Waals surface area contributed by atoms with Gasteiger partial charge < -0.3 is 4.43 Å². The van der Waals surface area contributed by atoms with Crippen LogP contribution in [-0.2, 0) is 4.43 Å². The Morgan fingerprint density at radius 1 is 1.09 bits per heavy atom. The van der Waals surface area contributed by atoms with Crippen LogP contribution in [0, 0.1) is 0 Å². The van der Waals surface area contributed by atoms with Crippen LogP contribution in [0.25, 0.3) is 0 Å². The van der Waals surface area contributed by atoms with Crippen molar-refractivity contribution in [1.29, 1.82) is 0 Å². The predicted octanol–water partition coefficient (Wildman–Crippen LogP) is -0.750. The summed E-state index contributed by atoms with van der Waals surface area (Å²) < 4.78 is 6.60. The number of hydrogen-bond donors (Lipinski definition) is 0. The molecule has 5 heteroatoms. The van der Waals surface area contributed by atoms with Crippen molar-refractivity contribution < 1.29 is 4.43 Å². The van der Waals surface area contributed by atoms with Gasteiger partial charge >= 0.3 is 0 Å². The molecule has 0 spiro atoms. The molecule has 0 aliphatic carbocycles. The summed E-state index contributed by atoms with van der Waals surface area (Å²) in [5.74, 6) is 0. The van der Waals surface area contributed by atoms with Crippen molar-refractivity contribution in [2.45, 2.75) is 30.1 Å². The maximum Gasteiger partial charge on any atom is 0.170 e. The Morgan fingerprint density at radius 3 is 1.55 bits per heavy atom. The molecule has 0 saturated carbocycles. The van der Waals surface area contributed by atoms with Gasteiger partial charge in [-0.3, -0.25) is 0 Å². The van der Waals surface area contributed by atoms with E-state index in [-0.39, 0.29) is 28.6 Å². The molecule has 0 aromatic heterocycles. The van der Waals surface area contributed by atoms with Gasteiger partial charge in [0.2, 0.25) is 0 Å². The van der Waals surface area contributed by atoms with E-state index >= 15 is 0 Å². The van der Waals surface area contributed by atoms with Crippen molar-refractivity contribution in [2.75, 3.05) is 7.11 Å². The van der Waals surface area contributed by atoms with Gasteiger partial charge in [0.1, 0.15) is 0 Å². The molecule has 0 saturated heterocycles. The van der Waals surface area contributed by atoms with E-state index in [9.17, 15) is 0 Å². The zero-order valence-electron chi connectivity index (χ0n) is 8.61. The summed E-state index contributed by atoms with van der Waals surface area (Å²) in [6.07, 6.45) is 0. The quantitative estimate of drug-likeness (QED) is 0.557. The summed E-state index contributed by atoms with van der Waals surface area (Å²) in [6, 6.07) is 0. The monoisotopic (exact) mass is 222 g/mol. The first-order chi connectivity index (χ1) is 5.16. The first-order valence-corrected chi connectivity index (χ1v) is 13.3. The van der Waals surface area contributed by atoms with Crippen molar-refractivity contribution in [2.24, 2.45) is 0 Å². The topological polar surface area (TPSA) is 9.23 Å². The van der Waals surface area contributed by atoms with Crippen molar-refractivity contribution >= 4 is 37.6 Å². The molecule has 0 heterocycles. The SMILES string of the molecule is CO[SiH](C)C([SiH2]C)([SiH2]C)[SiH2]C. The van der Waals surface area contributed by atoms with Gasteiger partial charge in [0, 0.05) is 35.7 Å². The second kappa shape index (κ2) is 5.47. The second-order valence-electron chi connectivity index (χ2n) is 3.30. The summed E-state index contributed by atoms with van der Waals surface area (Å²) in [5.41, 5.74) is 0. The average molecular weight is 223 g/mol. The Labute approximate surface area is 79.5 Å². The van der Waals surface area contributed by atoms with Gasteiger partial charge in [-0.1, -0.05) is 19.6 Å². The van der Waals surface area contributed by atoms with Gasteiger partial charge in [0.05, 0.1) is 0 Å². The normalized spacial score (nSPS) is 22.6. The molecule has 0 bridgehead atoms. The minimum absolute atomic E-state index is 0.223. The van der Waals surface area contributed by atoms with Crippen LogP contribution in [-0.4, -0.2) is 44.7 Å².